The van der Waals surface area contributed by atoms with Gasteiger partial charge in [-0.2, -0.15) is 13.2 Å². The lowest BCUT2D eigenvalue weighted by Crippen LogP contribution is -2.35. The highest BCUT2D eigenvalue weighted by Crippen LogP contribution is 2.19. The van der Waals surface area contributed by atoms with Crippen LogP contribution < -0.4 is 5.73 Å². The number of nitrogens with two attached hydrogens (primary N) is 1. The lowest BCUT2D eigenvalue weighted by Gasteiger charge is -2.10. The zero-order valence-corrected chi connectivity index (χ0v) is 8.25. The average molecular weight is 215 g/mol. The molecule has 1 nitrogen and oxygen atoms in total. The summed E-state index contributed by atoms with van der Waals surface area (Å²) in [4.78, 5) is 0. The minimum atomic E-state index is -4.37. The van der Waals surface area contributed by atoms with E-state index < -0.39 is 12.2 Å². The SMILES string of the molecule is Cc1cccc(C=C[C@H](N)C(F)(F)F)c1. The average Bonchev–Trinajstić information content (AvgIpc) is 2.12. The first-order valence-corrected chi connectivity index (χ1v) is 4.47. The molecule has 1 atom stereocenters. The molecule has 4 heteroatoms. The molecule has 1 aromatic carbocycles. The van der Waals surface area contributed by atoms with Crippen molar-refractivity contribution in [3.8, 4) is 0 Å². The van der Waals surface area contributed by atoms with Gasteiger partial charge in [-0.3, -0.25) is 0 Å². The Hall–Kier alpha value is -1.29. The summed E-state index contributed by atoms with van der Waals surface area (Å²) in [5.41, 5.74) is 6.64. The van der Waals surface area contributed by atoms with E-state index in [9.17, 15) is 13.2 Å². The van der Waals surface area contributed by atoms with Gasteiger partial charge in [0.1, 0.15) is 6.04 Å². The Balaban J connectivity index is 2.74. The highest BCUT2D eigenvalue weighted by atomic mass is 19.4. The topological polar surface area (TPSA) is 26.0 Å². The van der Waals surface area contributed by atoms with Gasteiger partial charge in [-0.05, 0) is 12.5 Å². The first-order valence-electron chi connectivity index (χ1n) is 4.47. The largest absolute Gasteiger partial charge is 0.407 e. The molecule has 0 saturated heterocycles. The van der Waals surface area contributed by atoms with Crippen molar-refractivity contribution in [1.29, 1.82) is 0 Å². The van der Waals surface area contributed by atoms with Gasteiger partial charge in [-0.15, -0.1) is 0 Å². The summed E-state index contributed by atoms with van der Waals surface area (Å²) in [7, 11) is 0. The molecule has 1 rings (SSSR count). The van der Waals surface area contributed by atoms with Crippen molar-refractivity contribution in [3.63, 3.8) is 0 Å². The van der Waals surface area contributed by atoms with Gasteiger partial charge < -0.3 is 5.73 Å². The van der Waals surface area contributed by atoms with Crippen LogP contribution in [0.3, 0.4) is 0 Å². The summed E-state index contributed by atoms with van der Waals surface area (Å²) in [6.07, 6.45) is -2.04. The molecule has 0 spiro atoms. The highest BCUT2D eigenvalue weighted by molar-refractivity contribution is 5.51. The van der Waals surface area contributed by atoms with Crippen LogP contribution in [-0.4, -0.2) is 12.2 Å². The summed E-state index contributed by atoms with van der Waals surface area (Å²) in [5.74, 6) is 0. The maximum absolute atomic E-state index is 12.1. The Bertz CT molecular complexity index is 355. The van der Waals surface area contributed by atoms with Crippen LogP contribution in [0.5, 0.6) is 0 Å². The number of hydrogen-bond donors (Lipinski definition) is 1. The lowest BCUT2D eigenvalue weighted by molar-refractivity contribution is -0.136. The molecule has 0 fully saturated rings. The van der Waals surface area contributed by atoms with Crippen molar-refractivity contribution in [1.82, 2.24) is 0 Å². The van der Waals surface area contributed by atoms with Crippen molar-refractivity contribution in [2.45, 2.75) is 19.1 Å². The molecule has 1 aromatic rings. The van der Waals surface area contributed by atoms with Crippen molar-refractivity contribution in [2.24, 2.45) is 5.73 Å². The molecule has 0 bridgehead atoms. The molecule has 0 aliphatic rings. The predicted octanol–water partition coefficient (Wildman–Crippen LogP) is 2.90. The van der Waals surface area contributed by atoms with Crippen molar-refractivity contribution < 1.29 is 13.2 Å². The van der Waals surface area contributed by atoms with Crippen LogP contribution in [0.15, 0.2) is 30.3 Å². The van der Waals surface area contributed by atoms with Crippen LogP contribution in [0, 0.1) is 6.92 Å². The fraction of sp³-hybridized carbons (Fsp3) is 0.273. The molecular weight excluding hydrogens is 203 g/mol. The smallest absolute Gasteiger partial charge is 0.317 e. The quantitative estimate of drug-likeness (QED) is 0.806. The van der Waals surface area contributed by atoms with E-state index in [2.05, 4.69) is 0 Å². The third-order valence-electron chi connectivity index (χ3n) is 1.92. The van der Waals surface area contributed by atoms with Crippen LogP contribution in [0.25, 0.3) is 6.08 Å². The van der Waals surface area contributed by atoms with Crippen LogP contribution in [0.4, 0.5) is 13.2 Å². The Labute approximate surface area is 86.4 Å². The molecule has 0 radical (unpaired) electrons. The van der Waals surface area contributed by atoms with Gasteiger partial charge in [-0.25, -0.2) is 0 Å². The second-order valence-electron chi connectivity index (χ2n) is 3.34. The molecule has 15 heavy (non-hydrogen) atoms. The Morgan fingerprint density at radius 2 is 2.00 bits per heavy atom. The van der Waals surface area contributed by atoms with E-state index in [0.29, 0.717) is 0 Å². The molecule has 0 aliphatic carbocycles. The van der Waals surface area contributed by atoms with Crippen molar-refractivity contribution >= 4 is 6.08 Å². The van der Waals surface area contributed by atoms with E-state index in [-0.39, 0.29) is 0 Å². The molecule has 0 amide bonds. The zero-order valence-electron chi connectivity index (χ0n) is 8.25. The lowest BCUT2D eigenvalue weighted by atomic mass is 10.1. The van der Waals surface area contributed by atoms with E-state index in [1.54, 1.807) is 18.2 Å². The Morgan fingerprint density at radius 1 is 1.33 bits per heavy atom. The molecule has 0 heterocycles. The van der Waals surface area contributed by atoms with E-state index in [1.165, 1.54) is 6.08 Å². The first-order chi connectivity index (χ1) is 6.89. The van der Waals surface area contributed by atoms with Crippen LogP contribution in [-0.2, 0) is 0 Å². The predicted molar refractivity (Wildman–Crippen MR) is 54.2 cm³/mol. The minimum Gasteiger partial charge on any atom is -0.317 e. The van der Waals surface area contributed by atoms with Gasteiger partial charge in [-0.1, -0.05) is 42.0 Å². The number of rotatable bonds is 2. The van der Waals surface area contributed by atoms with Crippen molar-refractivity contribution in [2.75, 3.05) is 0 Å². The molecule has 0 aromatic heterocycles. The first kappa shape index (κ1) is 11.8. The molecular formula is C11H12F3N. The van der Waals surface area contributed by atoms with Crippen LogP contribution in [0.2, 0.25) is 0 Å². The fourth-order valence-electron chi connectivity index (χ4n) is 1.10. The summed E-state index contributed by atoms with van der Waals surface area (Å²) < 4.78 is 36.2. The van der Waals surface area contributed by atoms with E-state index >= 15 is 0 Å². The highest BCUT2D eigenvalue weighted by Gasteiger charge is 2.34. The number of benzene rings is 1. The van der Waals surface area contributed by atoms with Gasteiger partial charge in [0.2, 0.25) is 0 Å². The van der Waals surface area contributed by atoms with E-state index in [4.69, 9.17) is 5.73 Å². The normalized spacial score (nSPS) is 14.5. The maximum Gasteiger partial charge on any atom is 0.407 e. The molecule has 0 aliphatic heterocycles. The summed E-state index contributed by atoms with van der Waals surface area (Å²) in [6, 6.07) is 5.28. The van der Waals surface area contributed by atoms with Crippen molar-refractivity contribution in [3.05, 3.63) is 41.5 Å². The molecule has 0 unspecified atom stereocenters. The maximum atomic E-state index is 12.1. The van der Waals surface area contributed by atoms with Crippen LogP contribution >= 0.6 is 0 Å². The summed E-state index contributed by atoms with van der Waals surface area (Å²) in [5, 5.41) is 0. The van der Waals surface area contributed by atoms with Gasteiger partial charge in [0.05, 0.1) is 0 Å². The Morgan fingerprint density at radius 3 is 2.53 bits per heavy atom. The van der Waals surface area contributed by atoms with E-state index in [0.717, 1.165) is 17.2 Å². The number of hydrogen-bond acceptors (Lipinski definition) is 1. The number of aryl methyl sites for hydroxylation is 1. The van der Waals surface area contributed by atoms with Gasteiger partial charge in [0, 0.05) is 0 Å². The van der Waals surface area contributed by atoms with Crippen LogP contribution in [0.1, 0.15) is 11.1 Å². The van der Waals surface area contributed by atoms with Gasteiger partial charge >= 0.3 is 6.18 Å². The fourth-order valence-corrected chi connectivity index (χ4v) is 1.10. The summed E-state index contributed by atoms with van der Waals surface area (Å²) in [6.45, 7) is 1.88. The minimum absolute atomic E-state index is 0.717. The zero-order chi connectivity index (χ0) is 11.5. The standard InChI is InChI=1S/C11H12F3N/c1-8-3-2-4-9(7-8)5-6-10(15)11(12,13)14/h2-7,10H,15H2,1H3/t10-/m0/s1. The third-order valence-corrected chi connectivity index (χ3v) is 1.92. The molecule has 2 N–H and O–H groups in total. The Kier molecular flexibility index (Phi) is 3.52. The second-order valence-corrected chi connectivity index (χ2v) is 3.34. The summed E-state index contributed by atoms with van der Waals surface area (Å²) >= 11 is 0. The molecule has 0 saturated carbocycles. The third kappa shape index (κ3) is 3.75. The van der Waals surface area contributed by atoms with Gasteiger partial charge in [0.15, 0.2) is 0 Å². The number of alkyl halides is 3. The van der Waals surface area contributed by atoms with Gasteiger partial charge in [0.25, 0.3) is 0 Å². The second kappa shape index (κ2) is 4.49. The van der Waals surface area contributed by atoms with E-state index in [1.807, 2.05) is 13.0 Å². The molecule has 82 valence electrons. The monoisotopic (exact) mass is 215 g/mol. The number of halogens is 3.